The van der Waals surface area contributed by atoms with Crippen molar-refractivity contribution in [2.75, 3.05) is 9.80 Å². The number of para-hydroxylation sites is 2. The summed E-state index contributed by atoms with van der Waals surface area (Å²) in [5.41, 5.74) is 22.7. The Bertz CT molecular complexity index is 3970. The van der Waals surface area contributed by atoms with Crippen LogP contribution in [-0.2, 0) is 5.41 Å². The molecule has 2 nitrogen and oxygen atoms in total. The second-order valence-corrected chi connectivity index (χ2v) is 24.4. The van der Waals surface area contributed by atoms with Gasteiger partial charge in [0, 0.05) is 38.9 Å². The second kappa shape index (κ2) is 25.8. The standard InChI is InChI=1S/C85H80N2/c1-5-9-23-61(7-3)59-85(60-62(8-4)24-10-6-2)81-57-71(67-41-37-63(38-42-67)65-45-51-75(52-46-65)86(73-29-13-11-14-30-73)83-35-21-27-69-25-17-19-33-77(69)83)49-55-79(81)80-56-50-72(58-82(80)85)68-43-39-64(40-44-68)66-47-53-76(54-48-66)87(74-31-15-12-16-32-74)84-36-22-28-70-26-18-20-34-78(70)84/h11-22,25-58,61-62H,5-10,23-24,59-60H2,1-4H3. The molecule has 0 aromatic heterocycles. The van der Waals surface area contributed by atoms with Crippen molar-refractivity contribution in [1.29, 1.82) is 0 Å². The molecular weight excluding hydrogens is 1050 g/mol. The van der Waals surface area contributed by atoms with Gasteiger partial charge in [-0.2, -0.15) is 0 Å². The fourth-order valence-electron chi connectivity index (χ4n) is 14.4. The van der Waals surface area contributed by atoms with Gasteiger partial charge in [0.05, 0.1) is 11.4 Å². The van der Waals surface area contributed by atoms with Crippen LogP contribution in [0.5, 0.6) is 0 Å². The summed E-state index contributed by atoms with van der Waals surface area (Å²) in [6.07, 6.45) is 12.3. The van der Waals surface area contributed by atoms with E-state index in [1.807, 2.05) is 0 Å². The molecule has 2 unspecified atom stereocenters. The molecule has 0 N–H and O–H groups in total. The van der Waals surface area contributed by atoms with Crippen LogP contribution in [0.3, 0.4) is 0 Å². The van der Waals surface area contributed by atoms with Gasteiger partial charge in [0.15, 0.2) is 0 Å². The van der Waals surface area contributed by atoms with E-state index in [4.69, 9.17) is 0 Å². The van der Waals surface area contributed by atoms with Crippen LogP contribution < -0.4 is 9.80 Å². The maximum atomic E-state index is 2.63. The number of rotatable bonds is 22. The van der Waals surface area contributed by atoms with Crippen LogP contribution in [-0.4, -0.2) is 0 Å². The Balaban J connectivity index is 0.824. The fraction of sp³-hybridized carbons (Fsp3) is 0.200. The molecule has 1 aliphatic carbocycles. The molecule has 0 radical (unpaired) electrons. The minimum atomic E-state index is -0.109. The normalized spacial score (nSPS) is 13.1. The molecule has 0 fully saturated rings. The van der Waals surface area contributed by atoms with E-state index in [0.29, 0.717) is 11.8 Å². The molecule has 430 valence electrons. The molecular formula is C85H80N2. The average molecular weight is 1130 g/mol. The van der Waals surface area contributed by atoms with Gasteiger partial charge in [0.2, 0.25) is 0 Å². The Morgan fingerprint density at radius 3 is 0.977 bits per heavy atom. The summed E-state index contributed by atoms with van der Waals surface area (Å²) < 4.78 is 0. The fourth-order valence-corrected chi connectivity index (χ4v) is 14.4. The first-order valence-corrected chi connectivity index (χ1v) is 32.3. The van der Waals surface area contributed by atoms with Crippen LogP contribution >= 0.6 is 0 Å². The van der Waals surface area contributed by atoms with Crippen LogP contribution in [0.2, 0.25) is 0 Å². The van der Waals surface area contributed by atoms with Crippen molar-refractivity contribution < 1.29 is 0 Å². The molecule has 2 heteroatoms. The highest BCUT2D eigenvalue weighted by Crippen LogP contribution is 2.58. The topological polar surface area (TPSA) is 6.48 Å². The molecule has 0 heterocycles. The van der Waals surface area contributed by atoms with Gasteiger partial charge < -0.3 is 9.80 Å². The third-order valence-corrected chi connectivity index (χ3v) is 19.1. The van der Waals surface area contributed by atoms with E-state index in [0.717, 1.165) is 22.7 Å². The van der Waals surface area contributed by atoms with Crippen LogP contribution in [0.25, 0.3) is 77.2 Å². The smallest absolute Gasteiger partial charge is 0.0540 e. The molecule has 13 rings (SSSR count). The molecule has 0 amide bonds. The lowest BCUT2D eigenvalue weighted by atomic mass is 9.64. The lowest BCUT2D eigenvalue weighted by Crippen LogP contribution is -2.31. The highest BCUT2D eigenvalue weighted by Gasteiger charge is 2.45. The van der Waals surface area contributed by atoms with Crippen molar-refractivity contribution in [2.45, 2.75) is 97.3 Å². The van der Waals surface area contributed by atoms with Gasteiger partial charge in [0.1, 0.15) is 0 Å². The van der Waals surface area contributed by atoms with Crippen LogP contribution in [0.4, 0.5) is 34.1 Å². The highest BCUT2D eigenvalue weighted by atomic mass is 15.1. The van der Waals surface area contributed by atoms with Gasteiger partial charge >= 0.3 is 0 Å². The zero-order valence-corrected chi connectivity index (χ0v) is 51.2. The number of nitrogens with zero attached hydrogens (tertiary/aromatic N) is 2. The monoisotopic (exact) mass is 1130 g/mol. The lowest BCUT2D eigenvalue weighted by Gasteiger charge is -2.39. The lowest BCUT2D eigenvalue weighted by molar-refractivity contribution is 0.266. The molecule has 0 saturated carbocycles. The summed E-state index contributed by atoms with van der Waals surface area (Å²) in [5.74, 6) is 1.27. The number of hydrogen-bond acceptors (Lipinski definition) is 2. The quantitative estimate of drug-likeness (QED) is 0.0667. The molecule has 12 aromatic carbocycles. The number of hydrogen-bond donors (Lipinski definition) is 0. The molecule has 1 aliphatic rings. The van der Waals surface area contributed by atoms with Crippen LogP contribution in [0, 0.1) is 11.8 Å². The van der Waals surface area contributed by atoms with Crippen LogP contribution in [0.15, 0.2) is 279 Å². The third kappa shape index (κ3) is 11.5. The minimum Gasteiger partial charge on any atom is -0.310 e. The summed E-state index contributed by atoms with van der Waals surface area (Å²) in [6.45, 7) is 9.62. The van der Waals surface area contributed by atoms with E-state index in [2.05, 4.69) is 317 Å². The van der Waals surface area contributed by atoms with Crippen molar-refractivity contribution in [3.8, 4) is 55.6 Å². The molecule has 0 saturated heterocycles. The summed E-state index contributed by atoms with van der Waals surface area (Å²) in [5, 5.41) is 4.93. The second-order valence-electron chi connectivity index (χ2n) is 24.4. The van der Waals surface area contributed by atoms with E-state index >= 15 is 0 Å². The highest BCUT2D eigenvalue weighted by molar-refractivity contribution is 6.00. The molecule has 0 aliphatic heterocycles. The molecule has 87 heavy (non-hydrogen) atoms. The van der Waals surface area contributed by atoms with E-state index in [1.165, 1.54) is 164 Å². The summed E-state index contributed by atoms with van der Waals surface area (Å²) >= 11 is 0. The van der Waals surface area contributed by atoms with Crippen LogP contribution in [0.1, 0.15) is 103 Å². The third-order valence-electron chi connectivity index (χ3n) is 19.1. The van der Waals surface area contributed by atoms with Crippen molar-refractivity contribution in [3.63, 3.8) is 0 Å². The van der Waals surface area contributed by atoms with Crippen molar-refractivity contribution >= 4 is 55.7 Å². The Morgan fingerprint density at radius 1 is 0.299 bits per heavy atom. The number of benzene rings is 12. The summed E-state index contributed by atoms with van der Waals surface area (Å²) in [7, 11) is 0. The van der Waals surface area contributed by atoms with Crippen molar-refractivity contribution in [3.05, 3.63) is 290 Å². The Hall–Kier alpha value is -9.24. The van der Waals surface area contributed by atoms with Gasteiger partial charge in [-0.25, -0.2) is 0 Å². The zero-order valence-electron chi connectivity index (χ0n) is 51.2. The predicted molar refractivity (Wildman–Crippen MR) is 375 cm³/mol. The Kier molecular flexibility index (Phi) is 16.8. The number of unbranched alkanes of at least 4 members (excludes halogenated alkanes) is 2. The van der Waals surface area contributed by atoms with Gasteiger partial charge in [-0.15, -0.1) is 0 Å². The first-order valence-electron chi connectivity index (χ1n) is 32.3. The minimum absolute atomic E-state index is 0.109. The van der Waals surface area contributed by atoms with E-state index in [1.54, 1.807) is 0 Å². The number of fused-ring (bicyclic) bond motifs is 5. The Labute approximate surface area is 517 Å². The van der Waals surface area contributed by atoms with E-state index in [-0.39, 0.29) is 5.41 Å². The van der Waals surface area contributed by atoms with E-state index in [9.17, 15) is 0 Å². The molecule has 0 bridgehead atoms. The van der Waals surface area contributed by atoms with E-state index < -0.39 is 0 Å². The SMILES string of the molecule is CCCCC(CC)CC1(CC(CC)CCCC)c2cc(-c3ccc(-c4ccc(N(c5ccccc5)c5cccc6ccccc56)cc4)cc3)ccc2-c2ccc(-c3ccc(-c4ccc(N(c5ccccc5)c5cccc6ccccc56)cc4)cc3)cc21. The molecule has 0 spiro atoms. The average Bonchev–Trinajstić information content (AvgIpc) is 1.64. The van der Waals surface area contributed by atoms with Gasteiger partial charge in [-0.3, -0.25) is 0 Å². The van der Waals surface area contributed by atoms with Gasteiger partial charge in [0.25, 0.3) is 0 Å². The van der Waals surface area contributed by atoms with Crippen molar-refractivity contribution in [2.24, 2.45) is 11.8 Å². The predicted octanol–water partition coefficient (Wildman–Crippen LogP) is 25.1. The summed E-state index contributed by atoms with van der Waals surface area (Å²) in [6, 6.07) is 104. The largest absolute Gasteiger partial charge is 0.310 e. The Morgan fingerprint density at radius 2 is 0.609 bits per heavy atom. The van der Waals surface area contributed by atoms with Crippen molar-refractivity contribution in [1.82, 2.24) is 0 Å². The first kappa shape index (κ1) is 56.9. The number of anilines is 6. The maximum absolute atomic E-state index is 2.63. The zero-order chi connectivity index (χ0) is 59.1. The molecule has 2 atom stereocenters. The maximum Gasteiger partial charge on any atom is 0.0540 e. The van der Waals surface area contributed by atoms with Gasteiger partial charge in [-0.05, 0) is 175 Å². The molecule has 12 aromatic rings. The summed E-state index contributed by atoms with van der Waals surface area (Å²) in [4.78, 5) is 4.76. The first-order chi connectivity index (χ1) is 42.9. The van der Waals surface area contributed by atoms with Gasteiger partial charge in [-0.1, -0.05) is 285 Å².